The number of nitrogens with one attached hydrogen (secondary N) is 2. The van der Waals surface area contributed by atoms with E-state index in [1.54, 1.807) is 0 Å². The van der Waals surface area contributed by atoms with E-state index in [1.165, 1.54) is 4.31 Å². The lowest BCUT2D eigenvalue weighted by Crippen LogP contribution is -2.45. The van der Waals surface area contributed by atoms with Gasteiger partial charge in [0.05, 0.1) is 19.0 Å². The van der Waals surface area contributed by atoms with Gasteiger partial charge < -0.3 is 20.3 Å². The zero-order valence-electron chi connectivity index (χ0n) is 15.2. The molecule has 0 atom stereocenters. The number of morpholine rings is 1. The molecular weight excluding hydrogens is 360 g/mol. The molecule has 3 amide bonds. The molecule has 10 heteroatoms. The third kappa shape index (κ3) is 7.08. The maximum absolute atomic E-state index is 12.1. The SMILES string of the molecule is O=C(NCCC(=O)N1CCCCCC1)NCCS(=O)(=O)N1CCOCC1. The highest BCUT2D eigenvalue weighted by molar-refractivity contribution is 7.89. The number of urea groups is 1. The summed E-state index contributed by atoms with van der Waals surface area (Å²) >= 11 is 0. The molecule has 0 bridgehead atoms. The lowest BCUT2D eigenvalue weighted by Gasteiger charge is -2.26. The van der Waals surface area contributed by atoms with Gasteiger partial charge in [0.1, 0.15) is 0 Å². The standard InChI is InChI=1S/C16H30N4O5S/c21-15(19-8-3-1-2-4-9-19)5-6-17-16(22)18-7-14-26(23,24)20-10-12-25-13-11-20/h1-14H2,(H2,17,18,22). The first-order valence-corrected chi connectivity index (χ1v) is 10.9. The summed E-state index contributed by atoms with van der Waals surface area (Å²) in [7, 11) is -3.38. The number of rotatable bonds is 7. The second-order valence-corrected chi connectivity index (χ2v) is 8.64. The van der Waals surface area contributed by atoms with E-state index in [9.17, 15) is 18.0 Å². The van der Waals surface area contributed by atoms with Gasteiger partial charge in [0.15, 0.2) is 0 Å². The molecule has 2 saturated heterocycles. The fourth-order valence-electron chi connectivity index (χ4n) is 3.07. The predicted molar refractivity (Wildman–Crippen MR) is 97.2 cm³/mol. The maximum Gasteiger partial charge on any atom is 0.314 e. The van der Waals surface area contributed by atoms with E-state index in [2.05, 4.69) is 10.6 Å². The van der Waals surface area contributed by atoms with Gasteiger partial charge in [0.2, 0.25) is 15.9 Å². The average molecular weight is 391 g/mol. The summed E-state index contributed by atoms with van der Waals surface area (Å²) < 4.78 is 30.8. The van der Waals surface area contributed by atoms with Crippen molar-refractivity contribution < 1.29 is 22.7 Å². The van der Waals surface area contributed by atoms with Crippen LogP contribution in [0.3, 0.4) is 0 Å². The molecule has 0 radical (unpaired) electrons. The molecule has 9 nitrogen and oxygen atoms in total. The molecule has 0 aliphatic carbocycles. The van der Waals surface area contributed by atoms with Crippen molar-refractivity contribution in [1.29, 1.82) is 0 Å². The van der Waals surface area contributed by atoms with E-state index < -0.39 is 16.1 Å². The molecule has 2 rings (SSSR count). The number of carbonyl (C=O) groups excluding carboxylic acids is 2. The lowest BCUT2D eigenvalue weighted by atomic mass is 10.2. The van der Waals surface area contributed by atoms with Crippen molar-refractivity contribution in [2.45, 2.75) is 32.1 Å². The molecule has 2 aliphatic heterocycles. The highest BCUT2D eigenvalue weighted by Crippen LogP contribution is 2.10. The van der Waals surface area contributed by atoms with Crippen molar-refractivity contribution in [2.75, 3.05) is 58.2 Å². The van der Waals surface area contributed by atoms with Gasteiger partial charge >= 0.3 is 6.03 Å². The Morgan fingerprint density at radius 3 is 2.15 bits per heavy atom. The van der Waals surface area contributed by atoms with Gasteiger partial charge in [-0.25, -0.2) is 13.2 Å². The number of sulfonamides is 1. The number of hydrogen-bond donors (Lipinski definition) is 2. The molecule has 0 aromatic rings. The van der Waals surface area contributed by atoms with Crippen LogP contribution in [0, 0.1) is 0 Å². The van der Waals surface area contributed by atoms with E-state index in [-0.39, 0.29) is 31.2 Å². The number of ether oxygens (including phenoxy) is 1. The topological polar surface area (TPSA) is 108 Å². The largest absolute Gasteiger partial charge is 0.379 e. The Hall–Kier alpha value is -1.39. The Labute approximate surface area is 155 Å². The first-order valence-electron chi connectivity index (χ1n) is 9.34. The number of hydrogen-bond acceptors (Lipinski definition) is 5. The van der Waals surface area contributed by atoms with Crippen LogP contribution in [0.1, 0.15) is 32.1 Å². The van der Waals surface area contributed by atoms with Gasteiger partial charge in [-0.1, -0.05) is 12.8 Å². The minimum absolute atomic E-state index is 0.0333. The van der Waals surface area contributed by atoms with E-state index >= 15 is 0 Å². The summed E-state index contributed by atoms with van der Waals surface area (Å²) in [5, 5.41) is 5.14. The second-order valence-electron chi connectivity index (χ2n) is 6.56. The van der Waals surface area contributed by atoms with Crippen LogP contribution in [0.4, 0.5) is 4.79 Å². The van der Waals surface area contributed by atoms with Crippen LogP contribution in [0.2, 0.25) is 0 Å². The van der Waals surface area contributed by atoms with Crippen molar-refractivity contribution in [3.63, 3.8) is 0 Å². The molecule has 0 aromatic carbocycles. The van der Waals surface area contributed by atoms with E-state index in [1.807, 2.05) is 4.90 Å². The molecule has 2 fully saturated rings. The second kappa shape index (κ2) is 10.7. The summed E-state index contributed by atoms with van der Waals surface area (Å²) in [6.45, 7) is 3.38. The molecule has 26 heavy (non-hydrogen) atoms. The number of amides is 3. The van der Waals surface area contributed by atoms with E-state index in [0.29, 0.717) is 26.3 Å². The molecule has 2 heterocycles. The summed E-state index contributed by atoms with van der Waals surface area (Å²) in [6, 6.07) is -0.453. The third-order valence-electron chi connectivity index (χ3n) is 4.59. The zero-order valence-corrected chi connectivity index (χ0v) is 16.1. The average Bonchev–Trinajstić information content (AvgIpc) is 2.92. The molecule has 0 unspecified atom stereocenters. The Kier molecular flexibility index (Phi) is 8.60. The van der Waals surface area contributed by atoms with Gasteiger partial charge in [-0.15, -0.1) is 0 Å². The van der Waals surface area contributed by atoms with Crippen LogP contribution in [-0.2, 0) is 19.6 Å². The molecular formula is C16H30N4O5S. The monoisotopic (exact) mass is 390 g/mol. The minimum atomic E-state index is -3.38. The summed E-state index contributed by atoms with van der Waals surface area (Å²) in [5.41, 5.74) is 0. The lowest BCUT2D eigenvalue weighted by molar-refractivity contribution is -0.131. The van der Waals surface area contributed by atoms with Crippen molar-refractivity contribution in [3.8, 4) is 0 Å². The summed E-state index contributed by atoms with van der Waals surface area (Å²) in [6.07, 6.45) is 4.67. The van der Waals surface area contributed by atoms with Crippen molar-refractivity contribution in [1.82, 2.24) is 19.8 Å². The smallest absolute Gasteiger partial charge is 0.314 e. The maximum atomic E-state index is 12.1. The summed E-state index contributed by atoms with van der Waals surface area (Å²) in [5.74, 6) is -0.0882. The van der Waals surface area contributed by atoms with Crippen molar-refractivity contribution in [3.05, 3.63) is 0 Å². The van der Waals surface area contributed by atoms with Crippen LogP contribution in [0.25, 0.3) is 0 Å². The molecule has 2 aliphatic rings. The third-order valence-corrected chi connectivity index (χ3v) is 6.46. The van der Waals surface area contributed by atoms with Gasteiger partial charge in [0.25, 0.3) is 0 Å². The first kappa shape index (κ1) is 20.9. The quantitative estimate of drug-likeness (QED) is 0.623. The van der Waals surface area contributed by atoms with Crippen LogP contribution in [0.5, 0.6) is 0 Å². The van der Waals surface area contributed by atoms with Gasteiger partial charge in [-0.3, -0.25) is 4.79 Å². The molecule has 0 spiro atoms. The number of nitrogens with zero attached hydrogens (tertiary/aromatic N) is 2. The van der Waals surface area contributed by atoms with Crippen molar-refractivity contribution >= 4 is 22.0 Å². The molecule has 2 N–H and O–H groups in total. The zero-order chi connectivity index (χ0) is 18.8. The Balaban J connectivity index is 1.59. The van der Waals surface area contributed by atoms with Crippen LogP contribution in [0.15, 0.2) is 0 Å². The predicted octanol–water partition coefficient (Wildman–Crippen LogP) is -0.260. The highest BCUT2D eigenvalue weighted by Gasteiger charge is 2.24. The molecule has 0 aromatic heterocycles. The van der Waals surface area contributed by atoms with E-state index in [0.717, 1.165) is 38.8 Å². The van der Waals surface area contributed by atoms with Gasteiger partial charge in [-0.05, 0) is 12.8 Å². The Morgan fingerprint density at radius 2 is 1.50 bits per heavy atom. The minimum Gasteiger partial charge on any atom is -0.379 e. The van der Waals surface area contributed by atoms with Gasteiger partial charge in [-0.2, -0.15) is 4.31 Å². The normalized spacial score (nSPS) is 19.6. The van der Waals surface area contributed by atoms with Crippen LogP contribution in [-0.4, -0.2) is 87.8 Å². The number of likely N-dealkylation sites (tertiary alicyclic amines) is 1. The Bertz CT molecular complexity index is 555. The fraction of sp³-hybridized carbons (Fsp3) is 0.875. The Morgan fingerprint density at radius 1 is 0.885 bits per heavy atom. The van der Waals surface area contributed by atoms with E-state index in [4.69, 9.17) is 4.74 Å². The van der Waals surface area contributed by atoms with Crippen LogP contribution >= 0.6 is 0 Å². The molecule has 0 saturated carbocycles. The van der Waals surface area contributed by atoms with Gasteiger partial charge in [0, 0.05) is 45.7 Å². The van der Waals surface area contributed by atoms with Crippen molar-refractivity contribution in [2.24, 2.45) is 0 Å². The first-order chi connectivity index (χ1) is 12.5. The summed E-state index contributed by atoms with van der Waals surface area (Å²) in [4.78, 5) is 25.7. The number of carbonyl (C=O) groups is 2. The van der Waals surface area contributed by atoms with Crippen LogP contribution < -0.4 is 10.6 Å². The highest BCUT2D eigenvalue weighted by atomic mass is 32.2. The fourth-order valence-corrected chi connectivity index (χ4v) is 4.39. The molecule has 150 valence electrons.